The smallest absolute Gasteiger partial charge is 0.264 e. The van der Waals surface area contributed by atoms with Gasteiger partial charge in [-0.3, -0.25) is 14.0 Å². The van der Waals surface area contributed by atoms with Crippen LogP contribution in [0.1, 0.15) is 18.4 Å². The Labute approximate surface area is 222 Å². The van der Waals surface area contributed by atoms with Gasteiger partial charge in [0.25, 0.3) is 15.9 Å². The number of carbonyl (C=O) groups is 1. The molecule has 0 aromatic heterocycles. The van der Waals surface area contributed by atoms with E-state index in [1.807, 2.05) is 18.2 Å². The molecule has 0 aliphatic carbocycles. The maximum atomic E-state index is 13.5. The number of sulfonamides is 1. The lowest BCUT2D eigenvalue weighted by Crippen LogP contribution is -2.40. The topological polar surface area (TPSA) is 91.3 Å². The standard InChI is InChI=1S/C27H29ClN4O4S/c1-36-25-11-13-26(14-12-25)37(34,35)32(24-9-7-22(28)8-10-24)20-27(33)30-29-23-15-17-31(18-16-23)19-21-5-3-2-4-6-21/h2-14H,15-20H2,1H3,(H,30,33). The molecule has 0 saturated carbocycles. The number of amides is 1. The van der Waals surface area contributed by atoms with Gasteiger partial charge in [-0.2, -0.15) is 5.10 Å². The van der Waals surface area contributed by atoms with Crippen LogP contribution in [0.4, 0.5) is 5.69 Å². The molecule has 1 aliphatic heterocycles. The minimum atomic E-state index is -4.05. The van der Waals surface area contributed by atoms with Crippen molar-refractivity contribution in [3.8, 4) is 5.75 Å². The Hall–Kier alpha value is -3.40. The Bertz CT molecular complexity index is 1320. The van der Waals surface area contributed by atoms with Crippen molar-refractivity contribution < 1.29 is 17.9 Å². The molecule has 1 aliphatic rings. The highest BCUT2D eigenvalue weighted by Crippen LogP contribution is 2.26. The second kappa shape index (κ2) is 12.2. The number of likely N-dealkylation sites (tertiary alicyclic amines) is 1. The van der Waals surface area contributed by atoms with E-state index in [1.165, 1.54) is 24.8 Å². The summed E-state index contributed by atoms with van der Waals surface area (Å²) in [6.45, 7) is 2.12. The fraction of sp³-hybridized carbons (Fsp3) is 0.259. The van der Waals surface area contributed by atoms with E-state index >= 15 is 0 Å². The minimum Gasteiger partial charge on any atom is -0.497 e. The number of hydrogen-bond acceptors (Lipinski definition) is 6. The Morgan fingerprint density at radius 3 is 2.27 bits per heavy atom. The van der Waals surface area contributed by atoms with Crippen LogP contribution < -0.4 is 14.5 Å². The van der Waals surface area contributed by atoms with E-state index in [1.54, 1.807) is 36.4 Å². The Balaban J connectivity index is 1.42. The van der Waals surface area contributed by atoms with Gasteiger partial charge in [0.2, 0.25) is 0 Å². The van der Waals surface area contributed by atoms with Gasteiger partial charge in [0, 0.05) is 43.2 Å². The van der Waals surface area contributed by atoms with Crippen molar-refractivity contribution in [3.63, 3.8) is 0 Å². The number of anilines is 1. The average molecular weight is 541 g/mol. The third-order valence-corrected chi connectivity index (χ3v) is 8.11. The molecule has 10 heteroatoms. The number of hydrogen-bond donors (Lipinski definition) is 1. The highest BCUT2D eigenvalue weighted by Gasteiger charge is 2.27. The number of hydrazone groups is 1. The maximum Gasteiger partial charge on any atom is 0.264 e. The zero-order valence-corrected chi connectivity index (χ0v) is 22.1. The Kier molecular flexibility index (Phi) is 8.81. The molecule has 1 heterocycles. The molecule has 1 N–H and O–H groups in total. The first-order valence-corrected chi connectivity index (χ1v) is 13.7. The van der Waals surface area contributed by atoms with Gasteiger partial charge in [-0.1, -0.05) is 41.9 Å². The van der Waals surface area contributed by atoms with E-state index < -0.39 is 22.5 Å². The van der Waals surface area contributed by atoms with Gasteiger partial charge in [0.05, 0.1) is 17.7 Å². The van der Waals surface area contributed by atoms with Gasteiger partial charge in [-0.25, -0.2) is 13.8 Å². The summed E-state index contributed by atoms with van der Waals surface area (Å²) in [6.07, 6.45) is 1.47. The summed E-state index contributed by atoms with van der Waals surface area (Å²) < 4.78 is 33.1. The summed E-state index contributed by atoms with van der Waals surface area (Å²) in [7, 11) is -2.55. The zero-order valence-electron chi connectivity index (χ0n) is 20.5. The molecule has 1 amide bonds. The van der Waals surface area contributed by atoms with Crippen LogP contribution in [-0.2, 0) is 21.4 Å². The predicted octanol–water partition coefficient (Wildman–Crippen LogP) is 4.31. The maximum absolute atomic E-state index is 13.5. The SMILES string of the molecule is COc1ccc(S(=O)(=O)N(CC(=O)NN=C2CCN(Cc3ccccc3)CC2)c2ccc(Cl)cc2)cc1. The van der Waals surface area contributed by atoms with Crippen molar-refractivity contribution in [2.75, 3.05) is 31.0 Å². The van der Waals surface area contributed by atoms with E-state index in [2.05, 4.69) is 27.6 Å². The number of nitrogens with zero attached hydrogens (tertiary/aromatic N) is 3. The van der Waals surface area contributed by atoms with Gasteiger partial charge >= 0.3 is 0 Å². The van der Waals surface area contributed by atoms with E-state index in [0.717, 1.165) is 42.5 Å². The minimum absolute atomic E-state index is 0.0353. The number of piperidine rings is 1. The summed E-state index contributed by atoms with van der Waals surface area (Å²) in [5.74, 6) is -0.00775. The largest absolute Gasteiger partial charge is 0.497 e. The van der Waals surface area contributed by atoms with Gasteiger partial charge in [-0.05, 0) is 54.1 Å². The average Bonchev–Trinajstić information content (AvgIpc) is 2.92. The first kappa shape index (κ1) is 26.7. The van der Waals surface area contributed by atoms with Crippen molar-refractivity contribution in [2.45, 2.75) is 24.3 Å². The molecule has 194 valence electrons. The third kappa shape index (κ3) is 7.09. The number of carbonyl (C=O) groups excluding carboxylic acids is 1. The van der Waals surface area contributed by atoms with E-state index in [-0.39, 0.29) is 4.90 Å². The second-order valence-corrected chi connectivity index (χ2v) is 10.9. The van der Waals surface area contributed by atoms with Gasteiger partial charge < -0.3 is 4.74 Å². The Morgan fingerprint density at radius 1 is 1.00 bits per heavy atom. The first-order valence-electron chi connectivity index (χ1n) is 11.9. The molecule has 0 bridgehead atoms. The zero-order chi connectivity index (χ0) is 26.3. The number of ether oxygens (including phenoxy) is 1. The number of benzene rings is 3. The highest BCUT2D eigenvalue weighted by atomic mass is 35.5. The molecule has 37 heavy (non-hydrogen) atoms. The fourth-order valence-electron chi connectivity index (χ4n) is 4.03. The normalized spacial score (nSPS) is 14.2. The predicted molar refractivity (Wildman–Crippen MR) is 146 cm³/mol. The highest BCUT2D eigenvalue weighted by molar-refractivity contribution is 7.92. The summed E-state index contributed by atoms with van der Waals surface area (Å²) in [4.78, 5) is 15.2. The fourth-order valence-corrected chi connectivity index (χ4v) is 5.57. The molecular weight excluding hydrogens is 512 g/mol. The summed E-state index contributed by atoms with van der Waals surface area (Å²) in [5.41, 5.74) is 5.01. The molecule has 1 saturated heterocycles. The van der Waals surface area contributed by atoms with Gasteiger partial charge in [0.15, 0.2) is 0 Å². The second-order valence-electron chi connectivity index (χ2n) is 8.64. The lowest BCUT2D eigenvalue weighted by atomic mass is 10.1. The molecule has 1 fully saturated rings. The van der Waals surface area contributed by atoms with E-state index in [4.69, 9.17) is 16.3 Å². The van der Waals surface area contributed by atoms with Crippen LogP contribution in [0, 0.1) is 0 Å². The van der Waals surface area contributed by atoms with Crippen molar-refractivity contribution >= 4 is 38.9 Å². The van der Waals surface area contributed by atoms with Crippen LogP contribution >= 0.6 is 11.6 Å². The molecule has 0 spiro atoms. The van der Waals surface area contributed by atoms with Crippen molar-refractivity contribution in [3.05, 3.63) is 89.4 Å². The molecule has 8 nitrogen and oxygen atoms in total. The number of rotatable bonds is 9. The number of nitrogens with one attached hydrogen (secondary N) is 1. The molecule has 0 atom stereocenters. The number of methoxy groups -OCH3 is 1. The van der Waals surface area contributed by atoms with Crippen LogP contribution in [0.2, 0.25) is 5.02 Å². The van der Waals surface area contributed by atoms with Crippen LogP contribution in [0.15, 0.2) is 88.9 Å². The van der Waals surface area contributed by atoms with Crippen molar-refractivity contribution in [2.24, 2.45) is 5.10 Å². The Morgan fingerprint density at radius 2 is 1.65 bits per heavy atom. The van der Waals surface area contributed by atoms with Crippen LogP contribution in [0.3, 0.4) is 0 Å². The monoisotopic (exact) mass is 540 g/mol. The molecular formula is C27H29ClN4O4S. The summed E-state index contributed by atoms with van der Waals surface area (Å²) >= 11 is 6.00. The summed E-state index contributed by atoms with van der Waals surface area (Å²) in [5, 5.41) is 4.75. The quantitative estimate of drug-likeness (QED) is 0.408. The lowest BCUT2D eigenvalue weighted by molar-refractivity contribution is -0.119. The van der Waals surface area contributed by atoms with E-state index in [9.17, 15) is 13.2 Å². The van der Waals surface area contributed by atoms with Crippen LogP contribution in [0.25, 0.3) is 0 Å². The molecule has 3 aromatic rings. The van der Waals surface area contributed by atoms with Gasteiger partial charge in [0.1, 0.15) is 12.3 Å². The molecule has 0 radical (unpaired) electrons. The number of halogens is 1. The van der Waals surface area contributed by atoms with Crippen molar-refractivity contribution in [1.82, 2.24) is 10.3 Å². The first-order chi connectivity index (χ1) is 17.8. The lowest BCUT2D eigenvalue weighted by Gasteiger charge is -2.27. The molecule has 0 unspecified atom stereocenters. The third-order valence-electron chi connectivity index (χ3n) is 6.07. The summed E-state index contributed by atoms with van der Waals surface area (Å²) in [6, 6.07) is 22.6. The van der Waals surface area contributed by atoms with E-state index in [0.29, 0.717) is 16.5 Å². The van der Waals surface area contributed by atoms with Crippen molar-refractivity contribution in [1.29, 1.82) is 0 Å². The van der Waals surface area contributed by atoms with Gasteiger partial charge in [-0.15, -0.1) is 0 Å². The van der Waals surface area contributed by atoms with Crippen LogP contribution in [0.5, 0.6) is 5.75 Å². The molecule has 3 aromatic carbocycles. The van der Waals surface area contributed by atoms with Crippen LogP contribution in [-0.4, -0.2) is 51.7 Å². The molecule has 4 rings (SSSR count).